The molecule has 5 atom stereocenters. The predicted octanol–water partition coefficient (Wildman–Crippen LogP) is 3.74. The molecule has 3 fully saturated rings. The van der Waals surface area contributed by atoms with E-state index in [0.717, 1.165) is 35.5 Å². The van der Waals surface area contributed by atoms with Crippen molar-refractivity contribution in [2.75, 3.05) is 18.9 Å². The van der Waals surface area contributed by atoms with Gasteiger partial charge in [-0.1, -0.05) is 24.3 Å². The van der Waals surface area contributed by atoms with Gasteiger partial charge in [-0.15, -0.1) is 11.3 Å². The number of carbonyl (C=O) groups excluding carboxylic acids is 4. The maximum atomic E-state index is 13.9. The lowest BCUT2D eigenvalue weighted by Gasteiger charge is -2.26. The Morgan fingerprint density at radius 1 is 1.15 bits per heavy atom. The third kappa shape index (κ3) is 6.97. The molecule has 6 rings (SSSR count). The van der Waals surface area contributed by atoms with Crippen LogP contribution in [-0.4, -0.2) is 72.6 Å². The zero-order valence-electron chi connectivity index (χ0n) is 25.9. The number of fused-ring (bicyclic) bond motifs is 2. The van der Waals surface area contributed by atoms with Crippen molar-refractivity contribution in [1.29, 1.82) is 0 Å². The Bertz CT molecular complexity index is 1670. The molecule has 4 aliphatic rings. The normalized spacial score (nSPS) is 28.3. The number of aryl methyl sites for hydroxylation is 1. The van der Waals surface area contributed by atoms with Crippen LogP contribution in [0.5, 0.6) is 0 Å². The van der Waals surface area contributed by atoms with Crippen LogP contribution in [0.25, 0.3) is 11.3 Å². The first kappa shape index (κ1) is 32.2. The Morgan fingerprint density at radius 3 is 2.67 bits per heavy atom. The number of anilines is 1. The Hall–Kier alpha value is -3.78. The molecule has 0 bridgehead atoms. The number of sulfonamides is 1. The molecule has 0 unspecified atom stereocenters. The number of allylic oxidation sites excluding steroid dienone is 1. The van der Waals surface area contributed by atoms with Gasteiger partial charge in [-0.2, -0.15) is 0 Å². The lowest BCUT2D eigenvalue weighted by Crippen LogP contribution is -2.54. The van der Waals surface area contributed by atoms with Gasteiger partial charge in [-0.25, -0.2) is 18.2 Å². The number of ether oxygens (including phenoxy) is 1. The number of nitrogens with one attached hydrogen (secondary N) is 3. The van der Waals surface area contributed by atoms with Crippen molar-refractivity contribution in [3.8, 4) is 11.3 Å². The molecule has 4 amide bonds. The van der Waals surface area contributed by atoms with Gasteiger partial charge in [0.1, 0.15) is 11.6 Å². The van der Waals surface area contributed by atoms with E-state index in [0.29, 0.717) is 25.1 Å². The third-order valence-corrected chi connectivity index (χ3v) is 11.9. The lowest BCUT2D eigenvalue weighted by atomic mass is 9.93. The molecule has 0 saturated heterocycles. The third-order valence-electron chi connectivity index (χ3n) is 9.29. The van der Waals surface area contributed by atoms with E-state index < -0.39 is 56.7 Å². The Morgan fingerprint density at radius 2 is 1.93 bits per heavy atom. The van der Waals surface area contributed by atoms with Crippen LogP contribution in [-0.2, 0) is 29.1 Å². The monoisotopic (exact) mass is 669 g/mol. The summed E-state index contributed by atoms with van der Waals surface area (Å²) in [5.41, 5.74) is 0.736. The summed E-state index contributed by atoms with van der Waals surface area (Å²) in [5.74, 6) is -3.53. The Kier molecular flexibility index (Phi) is 8.94. The summed E-state index contributed by atoms with van der Waals surface area (Å²) in [6, 6.07) is 7.23. The fraction of sp³-hybridized carbons (Fsp3) is 0.531. The van der Waals surface area contributed by atoms with Gasteiger partial charge >= 0.3 is 6.09 Å². The van der Waals surface area contributed by atoms with Gasteiger partial charge in [0.2, 0.25) is 21.8 Å². The van der Waals surface area contributed by atoms with E-state index >= 15 is 0 Å². The molecule has 3 saturated carbocycles. The van der Waals surface area contributed by atoms with Crippen LogP contribution in [0.4, 0.5) is 10.5 Å². The minimum absolute atomic E-state index is 0.0835. The topological polar surface area (TPSA) is 164 Å². The zero-order chi connectivity index (χ0) is 32.6. The minimum atomic E-state index is -3.83. The number of amides is 4. The van der Waals surface area contributed by atoms with Crippen molar-refractivity contribution in [2.24, 2.45) is 17.8 Å². The van der Waals surface area contributed by atoms with Crippen molar-refractivity contribution in [3.63, 3.8) is 0 Å². The van der Waals surface area contributed by atoms with E-state index in [9.17, 15) is 27.6 Å². The molecule has 1 aromatic heterocycles. The first-order chi connectivity index (χ1) is 21.9. The number of rotatable bonds is 6. The van der Waals surface area contributed by atoms with Gasteiger partial charge < -0.3 is 15.0 Å². The summed E-state index contributed by atoms with van der Waals surface area (Å²) >= 11 is 1.53. The fourth-order valence-electron chi connectivity index (χ4n) is 6.44. The van der Waals surface area contributed by atoms with Crippen LogP contribution in [0.15, 0.2) is 41.8 Å². The molecule has 3 aliphatic carbocycles. The Balaban J connectivity index is 1.18. The molecule has 2 aromatic rings. The maximum Gasteiger partial charge on any atom is 0.411 e. The van der Waals surface area contributed by atoms with E-state index in [1.807, 2.05) is 30.5 Å². The number of benzene rings is 1. The van der Waals surface area contributed by atoms with Gasteiger partial charge in [-0.05, 0) is 70.4 Å². The highest BCUT2D eigenvalue weighted by molar-refractivity contribution is 7.91. The number of hydrogen-bond acceptors (Lipinski definition) is 9. The SMILES string of the molecule is Cc1nc(-c2cccc(NC(=O)O[C@@H]3C[C@H]4C(=O)N[C@]5(C(=O)NS(=O)(=O)C6CC6)C[C@H]5C=CCCCCN(C)C(=O)[C@@H]4C3)c2)cs1. The second-order valence-electron chi connectivity index (χ2n) is 12.8. The van der Waals surface area contributed by atoms with Gasteiger partial charge in [0, 0.05) is 36.1 Å². The summed E-state index contributed by atoms with van der Waals surface area (Å²) in [7, 11) is -2.13. The van der Waals surface area contributed by atoms with Crippen molar-refractivity contribution in [1.82, 2.24) is 19.9 Å². The number of hydrogen-bond donors (Lipinski definition) is 3. The van der Waals surface area contributed by atoms with E-state index in [4.69, 9.17) is 4.74 Å². The van der Waals surface area contributed by atoms with E-state index in [1.54, 1.807) is 30.1 Å². The van der Waals surface area contributed by atoms with E-state index in [1.165, 1.54) is 11.3 Å². The molecule has 46 heavy (non-hydrogen) atoms. The second-order valence-corrected chi connectivity index (χ2v) is 15.8. The maximum absolute atomic E-state index is 13.9. The highest BCUT2D eigenvalue weighted by Crippen LogP contribution is 2.47. The highest BCUT2D eigenvalue weighted by atomic mass is 32.2. The molecule has 0 radical (unpaired) electrons. The quantitative estimate of drug-likeness (QED) is 0.392. The summed E-state index contributed by atoms with van der Waals surface area (Å²) in [6.45, 7) is 2.44. The van der Waals surface area contributed by atoms with Gasteiger partial charge in [0.05, 0.1) is 27.8 Å². The van der Waals surface area contributed by atoms with Crippen molar-refractivity contribution in [3.05, 3.63) is 46.8 Å². The van der Waals surface area contributed by atoms with Crippen LogP contribution < -0.4 is 15.4 Å². The Labute approximate surface area is 272 Å². The minimum Gasteiger partial charge on any atom is -0.446 e. The number of thiazole rings is 1. The van der Waals surface area contributed by atoms with Crippen LogP contribution >= 0.6 is 11.3 Å². The molecular formula is C32H39N5O7S2. The molecule has 2 heterocycles. The number of nitrogens with zero attached hydrogens (tertiary/aromatic N) is 2. The standard InChI is InChI=1S/C32H39N5O7S2/c1-19-33-27(18-45-19)20-8-7-10-22(14-20)34-31(41)44-23-15-25-26(16-23)29(39)37(2)13-6-4-3-5-9-21-17-32(21,35-28(25)38)30(40)36-46(42,43)24-11-12-24/h5,7-10,14,18,21,23-26H,3-4,6,11-13,15-17H2,1-2H3,(H,34,41)(H,35,38)(H,36,40)/t21-,23-,25-,26-,32-/m1/s1. The van der Waals surface area contributed by atoms with Crippen molar-refractivity contribution < 1.29 is 32.3 Å². The van der Waals surface area contributed by atoms with Crippen LogP contribution in [0, 0.1) is 24.7 Å². The number of carbonyl (C=O) groups is 4. The molecule has 1 aromatic carbocycles. The second kappa shape index (κ2) is 12.8. The summed E-state index contributed by atoms with van der Waals surface area (Å²) < 4.78 is 33.2. The summed E-state index contributed by atoms with van der Waals surface area (Å²) in [5, 5.41) is 7.87. The molecule has 0 spiro atoms. The molecule has 3 N–H and O–H groups in total. The zero-order valence-corrected chi connectivity index (χ0v) is 27.5. The van der Waals surface area contributed by atoms with Crippen LogP contribution in [0.2, 0.25) is 0 Å². The first-order valence-electron chi connectivity index (χ1n) is 15.7. The number of aromatic nitrogens is 1. The molecule has 1 aliphatic heterocycles. The van der Waals surface area contributed by atoms with Crippen molar-refractivity contribution >= 4 is 50.9 Å². The molecule has 12 nitrogen and oxygen atoms in total. The van der Waals surface area contributed by atoms with Gasteiger partial charge in [-0.3, -0.25) is 24.4 Å². The van der Waals surface area contributed by atoms with E-state index in [-0.39, 0.29) is 31.1 Å². The average molecular weight is 670 g/mol. The molecule has 246 valence electrons. The van der Waals surface area contributed by atoms with Crippen molar-refractivity contribution in [2.45, 2.75) is 75.2 Å². The van der Waals surface area contributed by atoms with Gasteiger partial charge in [0.25, 0.3) is 5.91 Å². The largest absolute Gasteiger partial charge is 0.446 e. The van der Waals surface area contributed by atoms with Crippen LogP contribution in [0.3, 0.4) is 0 Å². The average Bonchev–Trinajstić information content (AvgIpc) is 3.90. The lowest BCUT2D eigenvalue weighted by molar-refractivity contribution is -0.140. The predicted molar refractivity (Wildman–Crippen MR) is 172 cm³/mol. The fourth-order valence-corrected chi connectivity index (χ4v) is 8.43. The summed E-state index contributed by atoms with van der Waals surface area (Å²) in [6.07, 6.45) is 6.17. The first-order valence-corrected chi connectivity index (χ1v) is 18.2. The van der Waals surface area contributed by atoms with Crippen LogP contribution in [0.1, 0.15) is 56.4 Å². The molecular weight excluding hydrogens is 631 g/mol. The smallest absolute Gasteiger partial charge is 0.411 e. The molecule has 14 heteroatoms. The highest BCUT2D eigenvalue weighted by Gasteiger charge is 2.62. The summed E-state index contributed by atoms with van der Waals surface area (Å²) in [4.78, 5) is 60.0. The van der Waals surface area contributed by atoms with E-state index in [2.05, 4.69) is 20.3 Å². The van der Waals surface area contributed by atoms with Gasteiger partial charge in [0.15, 0.2) is 0 Å².